The molecule has 0 saturated carbocycles. The fraction of sp³-hybridized carbons (Fsp3) is 0.344. The van der Waals surface area contributed by atoms with Crippen molar-refractivity contribution in [2.75, 3.05) is 26.7 Å². The van der Waals surface area contributed by atoms with Crippen molar-refractivity contribution in [2.24, 2.45) is 0 Å². The maximum absolute atomic E-state index is 12.4. The van der Waals surface area contributed by atoms with Crippen LogP contribution in [0.1, 0.15) is 30.5 Å². The molecule has 1 heterocycles. The van der Waals surface area contributed by atoms with E-state index in [0.717, 1.165) is 12.1 Å². The Labute approximate surface area is 233 Å². The van der Waals surface area contributed by atoms with Crippen LogP contribution in [0.5, 0.6) is 0 Å². The van der Waals surface area contributed by atoms with Crippen LogP contribution in [-0.2, 0) is 25.5 Å². The average Bonchev–Trinajstić information content (AvgIpc) is 3.71. The number of carbonyl (C=O) groups excluding carboxylic acids is 3. The largest absolute Gasteiger partial charge is 0.361 e. The fourth-order valence-corrected chi connectivity index (χ4v) is 3.13. The molecule has 0 unspecified atom stereocenters. The van der Waals surface area contributed by atoms with Gasteiger partial charge in [-0.3, -0.25) is 14.4 Å². The highest BCUT2D eigenvalue weighted by molar-refractivity contribution is 5.97. The molecule has 1 fully saturated rings. The Morgan fingerprint density at radius 1 is 0.897 bits per heavy atom. The molecule has 39 heavy (non-hydrogen) atoms. The van der Waals surface area contributed by atoms with Gasteiger partial charge >= 0.3 is 0 Å². The van der Waals surface area contributed by atoms with Gasteiger partial charge < -0.3 is 20.7 Å². The molecule has 2 amide bonds. The van der Waals surface area contributed by atoms with Crippen molar-refractivity contribution in [1.29, 1.82) is 0 Å². The van der Waals surface area contributed by atoms with Crippen LogP contribution in [0.25, 0.3) is 0 Å². The first kappa shape index (κ1) is 33.2. The van der Waals surface area contributed by atoms with E-state index in [4.69, 9.17) is 4.74 Å². The minimum atomic E-state index is -0.801. The second-order valence-electron chi connectivity index (χ2n) is 9.21. The molecule has 3 N–H and O–H groups in total. The van der Waals surface area contributed by atoms with Gasteiger partial charge in [0.2, 0.25) is 12.3 Å². The van der Waals surface area contributed by atoms with E-state index in [9.17, 15) is 14.4 Å². The van der Waals surface area contributed by atoms with Crippen molar-refractivity contribution in [3.05, 3.63) is 108 Å². The van der Waals surface area contributed by atoms with E-state index in [1.54, 1.807) is 6.92 Å². The van der Waals surface area contributed by atoms with E-state index >= 15 is 0 Å². The lowest BCUT2D eigenvalue weighted by Crippen LogP contribution is -2.49. The Hall–Kier alpha value is -3.81. The zero-order valence-corrected chi connectivity index (χ0v) is 23.8. The molecular weight excluding hydrogens is 490 g/mol. The summed E-state index contributed by atoms with van der Waals surface area (Å²) >= 11 is 0. The van der Waals surface area contributed by atoms with E-state index in [0.29, 0.717) is 19.4 Å². The van der Waals surface area contributed by atoms with Gasteiger partial charge in [-0.05, 0) is 46.3 Å². The number of hydrogen-bond donors (Lipinski definition) is 3. The Kier molecular flexibility index (Phi) is 16.4. The van der Waals surface area contributed by atoms with Crippen molar-refractivity contribution >= 4 is 18.1 Å². The summed E-state index contributed by atoms with van der Waals surface area (Å²) in [6.07, 6.45) is 0.838. The van der Waals surface area contributed by atoms with Crippen molar-refractivity contribution in [2.45, 2.75) is 45.8 Å². The van der Waals surface area contributed by atoms with Gasteiger partial charge in [0.15, 0.2) is 5.78 Å². The highest BCUT2D eigenvalue weighted by Gasteiger charge is 2.49. The third-order valence-electron chi connectivity index (χ3n) is 5.61. The molecular formula is C32H43N3O4. The quantitative estimate of drug-likeness (QED) is 0.285. The topological polar surface area (TPSA) is 99.8 Å². The number of aryl methyl sites for hydroxylation is 2. The summed E-state index contributed by atoms with van der Waals surface area (Å²) in [6, 6.07) is 29.3. The second-order valence-corrected chi connectivity index (χ2v) is 9.21. The molecule has 0 aliphatic carbocycles. The van der Waals surface area contributed by atoms with Crippen LogP contribution >= 0.6 is 0 Å². The van der Waals surface area contributed by atoms with E-state index in [1.165, 1.54) is 11.1 Å². The molecule has 0 bridgehead atoms. The van der Waals surface area contributed by atoms with Gasteiger partial charge in [0.25, 0.3) is 0 Å². The molecule has 3 aromatic carbocycles. The number of Topliss-reactive ketones (excluding diaryl/α,β-unsaturated/α-hetero) is 1. The normalized spacial score (nSPS) is 15.3. The summed E-state index contributed by atoms with van der Waals surface area (Å²) in [4.78, 5) is 34.4. The number of ketones is 1. The third-order valence-corrected chi connectivity index (χ3v) is 5.61. The second kappa shape index (κ2) is 19.3. The van der Waals surface area contributed by atoms with Crippen LogP contribution in [0, 0.1) is 13.8 Å². The highest BCUT2D eigenvalue weighted by atomic mass is 16.6. The molecule has 1 aliphatic rings. The van der Waals surface area contributed by atoms with E-state index in [1.807, 2.05) is 73.8 Å². The van der Waals surface area contributed by atoms with Crippen LogP contribution in [0.2, 0.25) is 0 Å². The van der Waals surface area contributed by atoms with Gasteiger partial charge in [0, 0.05) is 0 Å². The molecule has 3 aromatic rings. The average molecular weight is 534 g/mol. The zero-order valence-electron chi connectivity index (χ0n) is 23.8. The predicted octanol–water partition coefficient (Wildman–Crippen LogP) is 4.03. The van der Waals surface area contributed by atoms with Gasteiger partial charge in [-0.1, -0.05) is 109 Å². The summed E-state index contributed by atoms with van der Waals surface area (Å²) in [7, 11) is 1.93. The molecule has 1 aliphatic heterocycles. The summed E-state index contributed by atoms with van der Waals surface area (Å²) in [5.74, 6) is -0.550. The molecule has 2 atom stereocenters. The number of ether oxygens (including phenoxy) is 1. The van der Waals surface area contributed by atoms with E-state index < -0.39 is 17.6 Å². The van der Waals surface area contributed by atoms with Crippen LogP contribution in [0.15, 0.2) is 91.0 Å². The summed E-state index contributed by atoms with van der Waals surface area (Å²) in [5, 5.41) is 7.86. The highest BCUT2D eigenvalue weighted by Crippen LogP contribution is 2.29. The van der Waals surface area contributed by atoms with Gasteiger partial charge in [-0.25, -0.2) is 0 Å². The lowest BCUT2D eigenvalue weighted by Gasteiger charge is -2.19. The molecule has 0 spiro atoms. The molecule has 7 heteroatoms. The Morgan fingerprint density at radius 2 is 1.33 bits per heavy atom. The molecule has 0 aromatic heterocycles. The zero-order chi connectivity index (χ0) is 28.9. The Morgan fingerprint density at radius 3 is 1.67 bits per heavy atom. The standard InChI is InChI=1S/C15H18N2O4.2C7H8.C3H9N/c1-15(9-21-15)14(20)12(17-13(19)8-16-10-18)7-11-5-3-2-4-6-11;2*1-7-5-3-2-4-6-7;1-3-4-2/h2-6,10,12H,7-9H2,1H3,(H,16,18)(H,17,19);2*2-6H,1H3;4H,3H2,1-2H3/t12-,15+;;;/m0.../s1. The van der Waals surface area contributed by atoms with Crippen molar-refractivity contribution < 1.29 is 19.1 Å². The summed E-state index contributed by atoms with van der Waals surface area (Å²) in [6.45, 7) is 9.24. The van der Waals surface area contributed by atoms with Crippen molar-refractivity contribution in [3.8, 4) is 0 Å². The SMILES string of the molecule is CCNC.C[C@]1(C(=O)[C@H](Cc2ccccc2)NC(=O)CNC=O)CO1.Cc1ccccc1.Cc1ccccc1. The summed E-state index contributed by atoms with van der Waals surface area (Å²) in [5.41, 5.74) is 2.79. The lowest BCUT2D eigenvalue weighted by atomic mass is 9.95. The molecule has 4 rings (SSSR count). The van der Waals surface area contributed by atoms with Gasteiger partial charge in [-0.2, -0.15) is 0 Å². The predicted molar refractivity (Wildman–Crippen MR) is 157 cm³/mol. The number of hydrogen-bond acceptors (Lipinski definition) is 5. The molecule has 7 nitrogen and oxygen atoms in total. The van der Waals surface area contributed by atoms with Crippen LogP contribution in [0.3, 0.4) is 0 Å². The number of carbonyl (C=O) groups is 3. The maximum Gasteiger partial charge on any atom is 0.239 e. The Bertz CT molecular complexity index is 1030. The number of benzene rings is 3. The third kappa shape index (κ3) is 15.3. The van der Waals surface area contributed by atoms with Gasteiger partial charge in [0.05, 0.1) is 19.2 Å². The maximum atomic E-state index is 12.4. The molecule has 1 saturated heterocycles. The van der Waals surface area contributed by atoms with E-state index in [-0.39, 0.29) is 12.3 Å². The number of amides is 2. The smallest absolute Gasteiger partial charge is 0.239 e. The first-order valence-electron chi connectivity index (χ1n) is 13.1. The van der Waals surface area contributed by atoms with E-state index in [2.05, 4.69) is 61.0 Å². The minimum Gasteiger partial charge on any atom is -0.361 e. The van der Waals surface area contributed by atoms with Crippen LogP contribution < -0.4 is 16.0 Å². The first-order valence-corrected chi connectivity index (χ1v) is 13.1. The van der Waals surface area contributed by atoms with Crippen LogP contribution in [0.4, 0.5) is 0 Å². The first-order chi connectivity index (χ1) is 18.8. The fourth-order valence-electron chi connectivity index (χ4n) is 3.13. The molecule has 0 radical (unpaired) electrons. The molecule has 210 valence electrons. The summed E-state index contributed by atoms with van der Waals surface area (Å²) < 4.78 is 5.17. The van der Waals surface area contributed by atoms with Gasteiger partial charge in [0.1, 0.15) is 5.60 Å². The van der Waals surface area contributed by atoms with Crippen molar-refractivity contribution in [3.63, 3.8) is 0 Å². The van der Waals surface area contributed by atoms with Crippen molar-refractivity contribution in [1.82, 2.24) is 16.0 Å². The van der Waals surface area contributed by atoms with Crippen LogP contribution in [-0.4, -0.2) is 56.5 Å². The van der Waals surface area contributed by atoms with Gasteiger partial charge in [-0.15, -0.1) is 0 Å². The minimum absolute atomic E-state index is 0.147. The lowest BCUT2D eigenvalue weighted by molar-refractivity contribution is -0.130. The number of epoxide rings is 1. The monoisotopic (exact) mass is 533 g/mol. The number of rotatable bonds is 9. The Balaban J connectivity index is 0.000000340. The number of nitrogens with one attached hydrogen (secondary N) is 3.